The molecule has 0 saturated carbocycles. The van der Waals surface area contributed by atoms with Gasteiger partial charge >= 0.3 is 11.9 Å². The lowest BCUT2D eigenvalue weighted by Gasteiger charge is -2.14. The van der Waals surface area contributed by atoms with Crippen molar-refractivity contribution < 1.29 is 30.0 Å². The van der Waals surface area contributed by atoms with Gasteiger partial charge in [0.1, 0.15) is 6.10 Å². The van der Waals surface area contributed by atoms with Crippen LogP contribution in [0.4, 0.5) is 0 Å². The van der Waals surface area contributed by atoms with Crippen LogP contribution in [0.15, 0.2) is 42.7 Å². The number of carbonyl (C=O) groups is 2. The van der Waals surface area contributed by atoms with E-state index < -0.39 is 18.0 Å². The molecule has 0 radical (unpaired) electrons. The van der Waals surface area contributed by atoms with E-state index in [1.165, 1.54) is 24.3 Å². The van der Waals surface area contributed by atoms with Gasteiger partial charge < -0.3 is 20.4 Å². The van der Waals surface area contributed by atoms with Crippen LogP contribution in [0.2, 0.25) is 0 Å². The lowest BCUT2D eigenvalue weighted by atomic mass is 9.92. The average molecular weight is 288 g/mol. The largest absolute Gasteiger partial charge is 0.516 e. The first-order chi connectivity index (χ1) is 9.97. The number of aliphatic hydroxyl groups excluding tert-OH is 2. The Hall–Kier alpha value is -2.86. The standard InChI is InChI=1S/C15H12O6/c16-7-6-11(17)9-5-4-8-2-1-3-10(14(18)19)12(8)13(9)15(20)21/h1-7,11,16-17H,(H,18,19)(H,20,21). The number of benzene rings is 2. The fraction of sp³-hybridized carbons (Fsp3) is 0.0667. The third-order valence-electron chi connectivity index (χ3n) is 3.11. The van der Waals surface area contributed by atoms with Gasteiger partial charge in [0.15, 0.2) is 0 Å². The van der Waals surface area contributed by atoms with Gasteiger partial charge in [0.2, 0.25) is 0 Å². The summed E-state index contributed by atoms with van der Waals surface area (Å²) in [5.41, 5.74) is -0.447. The average Bonchev–Trinajstić information content (AvgIpc) is 2.45. The number of aliphatic hydroxyl groups is 2. The molecule has 108 valence electrons. The maximum absolute atomic E-state index is 11.5. The van der Waals surface area contributed by atoms with Crippen LogP contribution in [0.5, 0.6) is 0 Å². The van der Waals surface area contributed by atoms with Gasteiger partial charge in [0.25, 0.3) is 0 Å². The van der Waals surface area contributed by atoms with E-state index >= 15 is 0 Å². The Bertz CT molecular complexity index is 747. The first-order valence-electron chi connectivity index (χ1n) is 5.98. The van der Waals surface area contributed by atoms with Crippen molar-refractivity contribution in [1.29, 1.82) is 0 Å². The van der Waals surface area contributed by atoms with E-state index in [0.29, 0.717) is 11.6 Å². The third kappa shape index (κ3) is 2.56. The zero-order valence-corrected chi connectivity index (χ0v) is 10.7. The highest BCUT2D eigenvalue weighted by Crippen LogP contribution is 2.30. The Morgan fingerprint density at radius 3 is 2.33 bits per heavy atom. The summed E-state index contributed by atoms with van der Waals surface area (Å²) >= 11 is 0. The zero-order chi connectivity index (χ0) is 15.6. The summed E-state index contributed by atoms with van der Waals surface area (Å²) in [7, 11) is 0. The highest BCUT2D eigenvalue weighted by molar-refractivity contribution is 6.13. The van der Waals surface area contributed by atoms with Crippen molar-refractivity contribution in [2.24, 2.45) is 0 Å². The van der Waals surface area contributed by atoms with Crippen LogP contribution in [0, 0.1) is 0 Å². The number of carboxylic acid groups (broad SMARTS) is 2. The predicted molar refractivity (Wildman–Crippen MR) is 74.6 cm³/mol. The smallest absolute Gasteiger partial charge is 0.336 e. The molecule has 0 fully saturated rings. The van der Waals surface area contributed by atoms with Crippen molar-refractivity contribution >= 4 is 22.7 Å². The van der Waals surface area contributed by atoms with Crippen LogP contribution >= 0.6 is 0 Å². The molecule has 6 nitrogen and oxygen atoms in total. The number of fused-ring (bicyclic) bond motifs is 1. The Labute approximate surface area is 119 Å². The molecule has 0 aliphatic heterocycles. The number of aromatic carboxylic acids is 2. The van der Waals surface area contributed by atoms with Crippen LogP contribution in [0.3, 0.4) is 0 Å². The molecule has 2 aromatic carbocycles. The highest BCUT2D eigenvalue weighted by atomic mass is 16.4. The Morgan fingerprint density at radius 1 is 1.05 bits per heavy atom. The topological polar surface area (TPSA) is 115 Å². The summed E-state index contributed by atoms with van der Waals surface area (Å²) in [6.45, 7) is 0. The summed E-state index contributed by atoms with van der Waals surface area (Å²) in [5, 5.41) is 37.7. The maximum Gasteiger partial charge on any atom is 0.336 e. The number of hydrogen-bond donors (Lipinski definition) is 4. The quantitative estimate of drug-likeness (QED) is 0.642. The SMILES string of the molecule is O=C(O)c1cccc2ccc(C(O)C=CO)c(C(=O)O)c12. The zero-order valence-electron chi connectivity index (χ0n) is 10.7. The molecule has 2 rings (SSSR count). The summed E-state index contributed by atoms with van der Waals surface area (Å²) < 4.78 is 0. The minimum absolute atomic E-state index is 0.00833. The van der Waals surface area contributed by atoms with Crippen molar-refractivity contribution in [2.45, 2.75) is 6.10 Å². The Morgan fingerprint density at radius 2 is 1.76 bits per heavy atom. The van der Waals surface area contributed by atoms with Crippen molar-refractivity contribution in [3.63, 3.8) is 0 Å². The van der Waals surface area contributed by atoms with Gasteiger partial charge in [-0.25, -0.2) is 9.59 Å². The lowest BCUT2D eigenvalue weighted by Crippen LogP contribution is -2.10. The van der Waals surface area contributed by atoms with Gasteiger partial charge in [-0.15, -0.1) is 0 Å². The molecule has 0 saturated heterocycles. The van der Waals surface area contributed by atoms with Crippen LogP contribution in [0.1, 0.15) is 32.4 Å². The summed E-state index contributed by atoms with van der Waals surface area (Å²) in [4.78, 5) is 22.8. The second-order valence-electron chi connectivity index (χ2n) is 4.33. The molecule has 0 spiro atoms. The first kappa shape index (κ1) is 14.5. The number of rotatable bonds is 4. The molecule has 0 aromatic heterocycles. The normalized spacial score (nSPS) is 12.6. The summed E-state index contributed by atoms with van der Waals surface area (Å²) in [6, 6.07) is 7.32. The second kappa shape index (κ2) is 5.64. The third-order valence-corrected chi connectivity index (χ3v) is 3.11. The molecule has 0 amide bonds. The fourth-order valence-electron chi connectivity index (χ4n) is 2.24. The van der Waals surface area contributed by atoms with Crippen LogP contribution in [0.25, 0.3) is 10.8 Å². The highest BCUT2D eigenvalue weighted by Gasteiger charge is 2.22. The fourth-order valence-corrected chi connectivity index (χ4v) is 2.24. The molecule has 6 heteroatoms. The molecule has 0 heterocycles. The van der Waals surface area contributed by atoms with Gasteiger partial charge in [-0.1, -0.05) is 24.3 Å². The Kier molecular flexibility index (Phi) is 3.91. The second-order valence-corrected chi connectivity index (χ2v) is 4.33. The molecule has 1 atom stereocenters. The molecule has 2 aromatic rings. The number of hydrogen-bond acceptors (Lipinski definition) is 4. The predicted octanol–water partition coefficient (Wildman–Crippen LogP) is 2.34. The van der Waals surface area contributed by atoms with Gasteiger partial charge in [0, 0.05) is 5.39 Å². The van der Waals surface area contributed by atoms with E-state index in [-0.39, 0.29) is 22.1 Å². The molecule has 0 aliphatic carbocycles. The lowest BCUT2D eigenvalue weighted by molar-refractivity contribution is 0.0692. The van der Waals surface area contributed by atoms with Crippen LogP contribution in [-0.4, -0.2) is 32.4 Å². The molecular weight excluding hydrogens is 276 g/mol. The molecule has 21 heavy (non-hydrogen) atoms. The minimum Gasteiger partial charge on any atom is -0.516 e. The first-order valence-corrected chi connectivity index (χ1v) is 5.98. The van der Waals surface area contributed by atoms with E-state index in [2.05, 4.69) is 0 Å². The minimum atomic E-state index is -1.35. The van der Waals surface area contributed by atoms with Gasteiger partial charge in [-0.05, 0) is 23.1 Å². The van der Waals surface area contributed by atoms with Crippen molar-refractivity contribution in [2.75, 3.05) is 0 Å². The molecule has 0 aliphatic rings. The van der Waals surface area contributed by atoms with Crippen LogP contribution < -0.4 is 0 Å². The van der Waals surface area contributed by atoms with Gasteiger partial charge in [-0.2, -0.15) is 0 Å². The summed E-state index contributed by atoms with van der Waals surface area (Å²) in [6.07, 6.45) is 0.243. The van der Waals surface area contributed by atoms with Gasteiger partial charge in [-0.3, -0.25) is 0 Å². The van der Waals surface area contributed by atoms with Crippen molar-refractivity contribution in [1.82, 2.24) is 0 Å². The molecule has 4 N–H and O–H groups in total. The maximum atomic E-state index is 11.5. The van der Waals surface area contributed by atoms with Crippen molar-refractivity contribution in [3.8, 4) is 0 Å². The Balaban J connectivity index is 2.91. The molecule has 1 unspecified atom stereocenters. The van der Waals surface area contributed by atoms with E-state index in [1.807, 2.05) is 0 Å². The van der Waals surface area contributed by atoms with Crippen LogP contribution in [-0.2, 0) is 0 Å². The molecule has 0 bridgehead atoms. The van der Waals surface area contributed by atoms with E-state index in [0.717, 1.165) is 6.08 Å². The summed E-state index contributed by atoms with van der Waals surface area (Å²) in [5.74, 6) is -2.61. The van der Waals surface area contributed by atoms with Crippen molar-refractivity contribution in [3.05, 3.63) is 59.4 Å². The number of carboxylic acids is 2. The molecular formula is C15H12O6. The van der Waals surface area contributed by atoms with E-state index in [1.54, 1.807) is 6.07 Å². The van der Waals surface area contributed by atoms with E-state index in [4.69, 9.17) is 5.11 Å². The monoisotopic (exact) mass is 288 g/mol. The van der Waals surface area contributed by atoms with E-state index in [9.17, 15) is 24.9 Å². The van der Waals surface area contributed by atoms with Gasteiger partial charge in [0.05, 0.1) is 17.4 Å².